The predicted molar refractivity (Wildman–Crippen MR) is 77.8 cm³/mol. The number of hydrogen-bond acceptors (Lipinski definition) is 3. The van der Waals surface area contributed by atoms with Gasteiger partial charge in [0.1, 0.15) is 5.56 Å². The Balaban J connectivity index is 3.17. The summed E-state index contributed by atoms with van der Waals surface area (Å²) in [6.07, 6.45) is 0. The molecule has 0 spiro atoms. The molecular weight excluding hydrogens is 312 g/mol. The van der Waals surface area contributed by atoms with Gasteiger partial charge in [-0.1, -0.05) is 35.0 Å². The van der Waals surface area contributed by atoms with E-state index >= 15 is 0 Å². The highest BCUT2D eigenvalue weighted by molar-refractivity contribution is 9.09. The molecule has 1 aromatic carbocycles. The molecular formula is C13H17BrN2O3. The zero-order chi connectivity index (χ0) is 14.8. The van der Waals surface area contributed by atoms with Crippen LogP contribution in [0.4, 0.5) is 5.69 Å². The van der Waals surface area contributed by atoms with Gasteiger partial charge in [-0.2, -0.15) is 0 Å². The molecule has 1 rings (SSSR count). The highest BCUT2D eigenvalue weighted by Gasteiger charge is 2.30. The fraction of sp³-hybridized carbons (Fsp3) is 0.462. The molecule has 1 aromatic rings. The van der Waals surface area contributed by atoms with Crippen LogP contribution in [0.2, 0.25) is 0 Å². The molecule has 1 unspecified atom stereocenters. The van der Waals surface area contributed by atoms with Gasteiger partial charge in [-0.05, 0) is 26.3 Å². The fourth-order valence-corrected chi connectivity index (χ4v) is 1.67. The Hall–Kier alpha value is -1.43. The van der Waals surface area contributed by atoms with E-state index in [1.165, 1.54) is 6.07 Å². The number of alkyl halides is 1. The van der Waals surface area contributed by atoms with Crippen molar-refractivity contribution in [3.63, 3.8) is 0 Å². The summed E-state index contributed by atoms with van der Waals surface area (Å²) in [4.78, 5) is 22.8. The van der Waals surface area contributed by atoms with Crippen LogP contribution in [0.15, 0.2) is 18.2 Å². The number of nitrogens with zero attached hydrogens (tertiary/aromatic N) is 1. The lowest BCUT2D eigenvalue weighted by Crippen LogP contribution is -2.49. The van der Waals surface area contributed by atoms with Gasteiger partial charge in [0.25, 0.3) is 11.6 Å². The van der Waals surface area contributed by atoms with Gasteiger partial charge >= 0.3 is 0 Å². The third kappa shape index (κ3) is 3.53. The van der Waals surface area contributed by atoms with Crippen molar-refractivity contribution in [3.8, 4) is 0 Å². The van der Waals surface area contributed by atoms with E-state index in [9.17, 15) is 14.9 Å². The number of nitro benzene ring substituents is 1. The van der Waals surface area contributed by atoms with E-state index in [2.05, 4.69) is 21.2 Å². The lowest BCUT2D eigenvalue weighted by atomic mass is 9.99. The first kappa shape index (κ1) is 15.6. The third-order valence-corrected chi connectivity index (χ3v) is 4.25. The molecule has 0 aliphatic rings. The Bertz CT molecular complexity index is 513. The fourth-order valence-electron chi connectivity index (χ4n) is 1.55. The van der Waals surface area contributed by atoms with Crippen molar-refractivity contribution in [1.82, 2.24) is 5.32 Å². The monoisotopic (exact) mass is 328 g/mol. The number of nitrogens with one attached hydrogen (secondary N) is 1. The number of carbonyl (C=O) groups excluding carboxylic acids is 1. The van der Waals surface area contributed by atoms with E-state index in [0.29, 0.717) is 5.56 Å². The summed E-state index contributed by atoms with van der Waals surface area (Å²) in [5, 5.41) is 13.8. The van der Waals surface area contributed by atoms with Crippen LogP contribution in [0, 0.1) is 17.0 Å². The minimum atomic E-state index is -0.535. The summed E-state index contributed by atoms with van der Waals surface area (Å²) in [7, 11) is 0. The summed E-state index contributed by atoms with van der Waals surface area (Å²) >= 11 is 3.41. The van der Waals surface area contributed by atoms with Gasteiger partial charge in [-0.3, -0.25) is 14.9 Å². The second kappa shape index (κ2) is 5.69. The van der Waals surface area contributed by atoms with E-state index in [1.807, 2.05) is 20.8 Å². The maximum atomic E-state index is 12.3. The van der Waals surface area contributed by atoms with Crippen molar-refractivity contribution < 1.29 is 9.72 Å². The maximum absolute atomic E-state index is 12.3. The molecule has 104 valence electrons. The third-order valence-electron chi connectivity index (χ3n) is 3.10. The first-order valence-electron chi connectivity index (χ1n) is 5.87. The first-order chi connectivity index (χ1) is 8.66. The number of amides is 1. The van der Waals surface area contributed by atoms with Crippen molar-refractivity contribution in [3.05, 3.63) is 39.4 Å². The van der Waals surface area contributed by atoms with Crippen LogP contribution in [0.25, 0.3) is 0 Å². The molecule has 6 heteroatoms. The van der Waals surface area contributed by atoms with Crippen LogP contribution < -0.4 is 5.32 Å². The topological polar surface area (TPSA) is 72.2 Å². The Morgan fingerprint density at radius 1 is 1.47 bits per heavy atom. The first-order valence-corrected chi connectivity index (χ1v) is 6.79. The smallest absolute Gasteiger partial charge is 0.282 e. The summed E-state index contributed by atoms with van der Waals surface area (Å²) < 4.78 is 0. The second-order valence-corrected chi connectivity index (χ2v) is 6.39. The molecule has 1 amide bonds. The van der Waals surface area contributed by atoms with Crippen LogP contribution in [0.5, 0.6) is 0 Å². The van der Waals surface area contributed by atoms with Gasteiger partial charge < -0.3 is 5.32 Å². The maximum Gasteiger partial charge on any atom is 0.282 e. The number of rotatable bonds is 4. The molecule has 0 heterocycles. The Kier molecular flexibility index (Phi) is 4.68. The zero-order valence-corrected chi connectivity index (χ0v) is 12.9. The van der Waals surface area contributed by atoms with Crippen LogP contribution in [-0.4, -0.2) is 21.2 Å². The second-order valence-electron chi connectivity index (χ2n) is 5.02. The number of nitro groups is 1. The van der Waals surface area contributed by atoms with Gasteiger partial charge in [-0.15, -0.1) is 0 Å². The molecule has 0 bridgehead atoms. The van der Waals surface area contributed by atoms with Crippen LogP contribution >= 0.6 is 15.9 Å². The van der Waals surface area contributed by atoms with Crippen molar-refractivity contribution in [2.45, 2.75) is 38.1 Å². The molecule has 0 aliphatic heterocycles. The lowest BCUT2D eigenvalue weighted by molar-refractivity contribution is -0.385. The van der Waals surface area contributed by atoms with Gasteiger partial charge in [0.15, 0.2) is 0 Å². The van der Waals surface area contributed by atoms with E-state index in [0.717, 1.165) is 0 Å². The standard InChI is InChI=1S/C13H17BrN2O3/c1-8-6-5-7-10(16(18)19)11(8)12(17)15-13(3,4)9(2)14/h5-7,9H,1-4H3,(H,15,17). The van der Waals surface area contributed by atoms with Crippen molar-refractivity contribution in [1.29, 1.82) is 0 Å². The Labute approximate surface area is 120 Å². The predicted octanol–water partition coefficient (Wildman–Crippen LogP) is 3.20. The van der Waals surface area contributed by atoms with E-state index in [1.54, 1.807) is 19.1 Å². The molecule has 5 nitrogen and oxygen atoms in total. The van der Waals surface area contributed by atoms with Gasteiger partial charge in [0.2, 0.25) is 0 Å². The molecule has 0 saturated carbocycles. The van der Waals surface area contributed by atoms with Crippen molar-refractivity contribution in [2.24, 2.45) is 0 Å². The van der Waals surface area contributed by atoms with E-state index in [4.69, 9.17) is 0 Å². The van der Waals surface area contributed by atoms with Crippen molar-refractivity contribution in [2.75, 3.05) is 0 Å². The Morgan fingerprint density at radius 2 is 2.05 bits per heavy atom. The van der Waals surface area contributed by atoms with Gasteiger partial charge in [0.05, 0.1) is 4.92 Å². The number of carbonyl (C=O) groups is 1. The zero-order valence-electron chi connectivity index (χ0n) is 11.4. The average molecular weight is 329 g/mol. The molecule has 0 radical (unpaired) electrons. The van der Waals surface area contributed by atoms with Gasteiger partial charge in [-0.25, -0.2) is 0 Å². The van der Waals surface area contributed by atoms with Crippen LogP contribution in [-0.2, 0) is 0 Å². The van der Waals surface area contributed by atoms with E-state index < -0.39 is 16.4 Å². The number of benzene rings is 1. The summed E-state index contributed by atoms with van der Waals surface area (Å²) in [6, 6.07) is 4.60. The highest BCUT2D eigenvalue weighted by atomic mass is 79.9. The molecule has 0 fully saturated rings. The minimum Gasteiger partial charge on any atom is -0.346 e. The normalized spacial score (nSPS) is 12.9. The average Bonchev–Trinajstić information content (AvgIpc) is 2.27. The quantitative estimate of drug-likeness (QED) is 0.524. The molecule has 0 aromatic heterocycles. The molecule has 1 N–H and O–H groups in total. The number of hydrogen-bond donors (Lipinski definition) is 1. The molecule has 19 heavy (non-hydrogen) atoms. The minimum absolute atomic E-state index is 0.0343. The highest BCUT2D eigenvalue weighted by Crippen LogP contribution is 2.24. The van der Waals surface area contributed by atoms with E-state index in [-0.39, 0.29) is 16.1 Å². The van der Waals surface area contributed by atoms with Crippen molar-refractivity contribution >= 4 is 27.5 Å². The van der Waals surface area contributed by atoms with Gasteiger partial charge in [0, 0.05) is 16.4 Å². The number of halogens is 1. The summed E-state index contributed by atoms with van der Waals surface area (Å²) in [5.41, 5.74) is 0.0294. The summed E-state index contributed by atoms with van der Waals surface area (Å²) in [6.45, 7) is 7.31. The lowest BCUT2D eigenvalue weighted by Gasteiger charge is -2.29. The van der Waals surface area contributed by atoms with Crippen LogP contribution in [0.1, 0.15) is 36.7 Å². The Morgan fingerprint density at radius 3 is 2.53 bits per heavy atom. The molecule has 1 atom stereocenters. The molecule has 0 saturated heterocycles. The van der Waals surface area contributed by atoms with Crippen LogP contribution in [0.3, 0.4) is 0 Å². The molecule has 0 aliphatic carbocycles. The largest absolute Gasteiger partial charge is 0.346 e. The SMILES string of the molecule is Cc1cccc([N+](=O)[O-])c1C(=O)NC(C)(C)C(C)Br. The summed E-state index contributed by atoms with van der Waals surface area (Å²) in [5.74, 6) is -0.430. The number of aryl methyl sites for hydroxylation is 1.